The maximum Gasteiger partial charge on any atom is 0.354 e. The van der Waals surface area contributed by atoms with Gasteiger partial charge in [0.2, 0.25) is 6.10 Å². The van der Waals surface area contributed by atoms with E-state index in [0.717, 1.165) is 0 Å². The van der Waals surface area contributed by atoms with E-state index in [9.17, 15) is 17.6 Å². The van der Waals surface area contributed by atoms with Crippen LogP contribution in [-0.4, -0.2) is 23.5 Å². The summed E-state index contributed by atoms with van der Waals surface area (Å²) in [4.78, 5) is 0. The molecule has 0 aliphatic carbocycles. The molecule has 0 fully saturated rings. The fourth-order valence-electron chi connectivity index (χ4n) is 0.541. The zero-order chi connectivity index (χ0) is 9.99. The van der Waals surface area contributed by atoms with Gasteiger partial charge in [-0.05, 0) is 30.1 Å². The zero-order valence-corrected chi connectivity index (χ0v) is 7.47. The molecule has 0 N–H and O–H groups in total. The minimum absolute atomic E-state index is 0.324. The molecule has 0 aromatic carbocycles. The lowest BCUT2D eigenvalue weighted by molar-refractivity contribution is -0.163. The molecule has 1 nitrogen and oxygen atoms in total. The SMILES string of the molecule is CCOC(C(F)(F)Cl)C(F)(F)Cl. The number of hydrogen-bond donors (Lipinski definition) is 0. The average Bonchev–Trinajstić information content (AvgIpc) is 1.77. The predicted octanol–water partition coefficient (Wildman–Crippen LogP) is 3.05. The van der Waals surface area contributed by atoms with E-state index in [-0.39, 0.29) is 6.61 Å². The van der Waals surface area contributed by atoms with E-state index in [1.165, 1.54) is 6.92 Å². The number of alkyl halides is 6. The van der Waals surface area contributed by atoms with Crippen molar-refractivity contribution in [1.29, 1.82) is 0 Å². The monoisotopic (exact) mass is 228 g/mol. The minimum Gasteiger partial charge on any atom is -0.364 e. The number of rotatable bonds is 4. The standard InChI is InChI=1S/C5H6Cl2F4O/c1-2-12-3(4(6,8)9)5(7,10)11/h3H,2H2,1H3. The van der Waals surface area contributed by atoms with Crippen molar-refractivity contribution in [3.63, 3.8) is 0 Å². The molecule has 0 aromatic heterocycles. The Bertz CT molecular complexity index is 127. The van der Waals surface area contributed by atoms with Gasteiger partial charge in [-0.3, -0.25) is 0 Å². The van der Waals surface area contributed by atoms with Crippen LogP contribution in [0.5, 0.6) is 0 Å². The summed E-state index contributed by atoms with van der Waals surface area (Å²) < 4.78 is 52.6. The molecule has 0 saturated carbocycles. The third-order valence-corrected chi connectivity index (χ3v) is 1.32. The molecule has 0 rings (SSSR count). The largest absolute Gasteiger partial charge is 0.364 e. The van der Waals surface area contributed by atoms with Crippen molar-refractivity contribution >= 4 is 23.2 Å². The summed E-state index contributed by atoms with van der Waals surface area (Å²) in [6.45, 7) is 0.952. The molecule has 0 spiro atoms. The van der Waals surface area contributed by atoms with E-state index in [2.05, 4.69) is 27.9 Å². The highest BCUT2D eigenvalue weighted by Gasteiger charge is 2.54. The van der Waals surface area contributed by atoms with Crippen molar-refractivity contribution in [2.45, 2.75) is 23.8 Å². The Morgan fingerprint density at radius 3 is 1.58 bits per heavy atom. The quantitative estimate of drug-likeness (QED) is 0.531. The Morgan fingerprint density at radius 1 is 1.17 bits per heavy atom. The van der Waals surface area contributed by atoms with Gasteiger partial charge in [0.25, 0.3) is 0 Å². The van der Waals surface area contributed by atoms with Crippen LogP contribution in [0.15, 0.2) is 0 Å². The number of ether oxygens (including phenoxy) is 1. The molecule has 0 aliphatic heterocycles. The first-order valence-electron chi connectivity index (χ1n) is 2.94. The van der Waals surface area contributed by atoms with Gasteiger partial charge in [-0.1, -0.05) is 0 Å². The molecular weight excluding hydrogens is 223 g/mol. The van der Waals surface area contributed by atoms with Crippen LogP contribution in [0.3, 0.4) is 0 Å². The van der Waals surface area contributed by atoms with Crippen molar-refractivity contribution in [2.75, 3.05) is 6.61 Å². The van der Waals surface area contributed by atoms with Gasteiger partial charge in [0.1, 0.15) is 0 Å². The third kappa shape index (κ3) is 3.78. The molecule has 12 heavy (non-hydrogen) atoms. The maximum atomic E-state index is 12.1. The first kappa shape index (κ1) is 12.3. The molecule has 0 bridgehead atoms. The van der Waals surface area contributed by atoms with Gasteiger partial charge in [-0.2, -0.15) is 17.6 Å². The third-order valence-electron chi connectivity index (χ3n) is 0.928. The minimum atomic E-state index is -4.18. The van der Waals surface area contributed by atoms with Gasteiger partial charge < -0.3 is 4.74 Å². The maximum absolute atomic E-state index is 12.1. The summed E-state index contributed by atoms with van der Waals surface area (Å²) in [6, 6.07) is 0. The highest BCUT2D eigenvalue weighted by Crippen LogP contribution is 2.38. The van der Waals surface area contributed by atoms with Gasteiger partial charge >= 0.3 is 10.8 Å². The fraction of sp³-hybridized carbons (Fsp3) is 1.00. The van der Waals surface area contributed by atoms with Crippen molar-refractivity contribution in [1.82, 2.24) is 0 Å². The molecule has 0 aromatic rings. The summed E-state index contributed by atoms with van der Waals surface area (Å²) in [5.74, 6) is 0. The molecule has 0 saturated heterocycles. The van der Waals surface area contributed by atoms with E-state index in [0.29, 0.717) is 0 Å². The normalized spacial score (nSPS) is 14.0. The van der Waals surface area contributed by atoms with Crippen LogP contribution in [0, 0.1) is 0 Å². The lowest BCUT2D eigenvalue weighted by Gasteiger charge is -2.24. The molecule has 0 unspecified atom stereocenters. The van der Waals surface area contributed by atoms with Gasteiger partial charge in [-0.15, -0.1) is 0 Å². The summed E-state index contributed by atoms with van der Waals surface area (Å²) in [7, 11) is 0. The number of halogens is 6. The van der Waals surface area contributed by atoms with Crippen LogP contribution >= 0.6 is 23.2 Å². The van der Waals surface area contributed by atoms with Gasteiger partial charge in [-0.25, -0.2) is 0 Å². The Balaban J connectivity index is 4.45. The second-order valence-corrected chi connectivity index (χ2v) is 2.93. The highest BCUT2D eigenvalue weighted by atomic mass is 35.5. The van der Waals surface area contributed by atoms with Crippen LogP contribution in [0.2, 0.25) is 0 Å². The lowest BCUT2D eigenvalue weighted by Crippen LogP contribution is -2.42. The van der Waals surface area contributed by atoms with E-state index in [1.807, 2.05) is 0 Å². The summed E-state index contributed by atoms with van der Waals surface area (Å²) in [6.07, 6.45) is -2.81. The molecule has 0 aliphatic rings. The lowest BCUT2D eigenvalue weighted by atomic mass is 10.4. The van der Waals surface area contributed by atoms with Crippen LogP contribution in [0.25, 0.3) is 0 Å². The van der Waals surface area contributed by atoms with Crippen molar-refractivity contribution < 1.29 is 22.3 Å². The smallest absolute Gasteiger partial charge is 0.354 e. The van der Waals surface area contributed by atoms with E-state index in [4.69, 9.17) is 0 Å². The second-order valence-electron chi connectivity index (χ2n) is 1.92. The van der Waals surface area contributed by atoms with E-state index < -0.39 is 16.9 Å². The Kier molecular flexibility index (Phi) is 4.07. The zero-order valence-electron chi connectivity index (χ0n) is 5.96. The van der Waals surface area contributed by atoms with Crippen LogP contribution in [-0.2, 0) is 4.74 Å². The predicted molar refractivity (Wildman–Crippen MR) is 37.0 cm³/mol. The molecule has 7 heteroatoms. The first-order valence-corrected chi connectivity index (χ1v) is 3.70. The van der Waals surface area contributed by atoms with Gasteiger partial charge in [0, 0.05) is 6.61 Å². The van der Waals surface area contributed by atoms with Crippen LogP contribution < -0.4 is 0 Å². The Morgan fingerprint density at radius 2 is 1.50 bits per heavy atom. The average molecular weight is 229 g/mol. The first-order chi connectivity index (χ1) is 5.19. The molecule has 74 valence electrons. The van der Waals surface area contributed by atoms with Crippen molar-refractivity contribution in [2.24, 2.45) is 0 Å². The van der Waals surface area contributed by atoms with E-state index in [1.54, 1.807) is 0 Å². The van der Waals surface area contributed by atoms with Crippen molar-refractivity contribution in [3.05, 3.63) is 0 Å². The highest BCUT2D eigenvalue weighted by molar-refractivity contribution is 6.25. The second kappa shape index (κ2) is 3.98. The summed E-state index contributed by atoms with van der Waals surface area (Å²) in [5.41, 5.74) is 0. The topological polar surface area (TPSA) is 9.23 Å². The van der Waals surface area contributed by atoms with Crippen molar-refractivity contribution in [3.8, 4) is 0 Å². The van der Waals surface area contributed by atoms with Crippen LogP contribution in [0.1, 0.15) is 6.92 Å². The molecule has 0 amide bonds. The van der Waals surface area contributed by atoms with E-state index >= 15 is 0 Å². The molecular formula is C5H6Cl2F4O. The van der Waals surface area contributed by atoms with Gasteiger partial charge in [0.05, 0.1) is 0 Å². The summed E-state index contributed by atoms with van der Waals surface area (Å²) >= 11 is 8.68. The Labute approximate surface area is 76.6 Å². The Hall–Kier alpha value is 0.260. The van der Waals surface area contributed by atoms with Crippen LogP contribution in [0.4, 0.5) is 17.6 Å². The molecule has 0 radical (unpaired) electrons. The summed E-state index contributed by atoms with van der Waals surface area (Å²) in [5, 5.41) is -8.36. The fourth-order valence-corrected chi connectivity index (χ4v) is 0.997. The molecule has 0 heterocycles. The molecule has 0 atom stereocenters. The van der Waals surface area contributed by atoms with Gasteiger partial charge in [0.15, 0.2) is 0 Å². The number of hydrogen-bond acceptors (Lipinski definition) is 1.